The average molecular weight is 383 g/mol. The summed E-state index contributed by atoms with van der Waals surface area (Å²) >= 11 is 0. The number of para-hydroxylation sites is 1. The molecule has 0 bridgehead atoms. The van der Waals surface area contributed by atoms with Crippen LogP contribution < -0.4 is 4.90 Å². The zero-order valence-electron chi connectivity index (χ0n) is 14.9. The maximum atomic E-state index is 13.9. The summed E-state index contributed by atoms with van der Waals surface area (Å²) in [6, 6.07) is 18.8. The van der Waals surface area contributed by atoms with E-state index in [2.05, 4.69) is 0 Å². The van der Waals surface area contributed by atoms with E-state index in [1.54, 1.807) is 43.4 Å². The number of aliphatic hydroxyl groups is 1. The molecular formula is C22H16F3NO2. The monoisotopic (exact) mass is 383 g/mol. The highest BCUT2D eigenvalue weighted by Gasteiger charge is 2.60. The Morgan fingerprint density at radius 3 is 2.18 bits per heavy atom. The highest BCUT2D eigenvalue weighted by Crippen LogP contribution is 2.55. The average Bonchev–Trinajstić information content (AvgIpc) is 2.97. The number of carbonyl (C=O) groups is 1. The fraction of sp³-hybridized carbons (Fsp3) is 0.136. The second-order valence-corrected chi connectivity index (χ2v) is 6.71. The minimum absolute atomic E-state index is 0.0700. The van der Waals surface area contributed by atoms with Crippen LogP contribution in [0.2, 0.25) is 0 Å². The van der Waals surface area contributed by atoms with E-state index < -0.39 is 17.7 Å². The van der Waals surface area contributed by atoms with Crippen LogP contribution in [0.1, 0.15) is 21.5 Å². The number of nitrogens with zero attached hydrogens (tertiary/aromatic N) is 1. The second-order valence-electron chi connectivity index (χ2n) is 6.71. The summed E-state index contributed by atoms with van der Waals surface area (Å²) in [4.78, 5) is 14.2. The molecule has 0 radical (unpaired) electrons. The first-order valence-electron chi connectivity index (χ1n) is 8.62. The number of amides is 1. The summed E-state index contributed by atoms with van der Waals surface area (Å²) in [5, 5.41) is 10.7. The van der Waals surface area contributed by atoms with Crippen molar-refractivity contribution in [1.82, 2.24) is 0 Å². The number of anilines is 1. The molecule has 0 fully saturated rings. The van der Waals surface area contributed by atoms with E-state index >= 15 is 0 Å². The highest BCUT2D eigenvalue weighted by atomic mass is 19.4. The molecule has 3 aromatic rings. The van der Waals surface area contributed by atoms with Crippen LogP contribution in [0.5, 0.6) is 0 Å². The van der Waals surface area contributed by atoms with Gasteiger partial charge in [-0.05, 0) is 35.4 Å². The second kappa shape index (κ2) is 6.21. The molecule has 3 aromatic carbocycles. The Labute approximate surface area is 159 Å². The van der Waals surface area contributed by atoms with Crippen molar-refractivity contribution < 1.29 is 23.1 Å². The van der Waals surface area contributed by atoms with E-state index in [1.807, 2.05) is 0 Å². The van der Waals surface area contributed by atoms with Crippen LogP contribution in [0.15, 0.2) is 72.8 Å². The molecule has 142 valence electrons. The molecule has 0 aromatic heterocycles. The third-order valence-corrected chi connectivity index (χ3v) is 5.12. The molecule has 0 saturated carbocycles. The lowest BCUT2D eigenvalue weighted by Crippen LogP contribution is -2.41. The standard InChI is InChI=1S/C22H16F3NO2/c1-26(15-7-3-2-4-8-15)20(27)14-11-12-17-16-9-5-6-10-18(16)21(28,19(17)13-14)22(23,24)25/h2-13,28H,1H3. The maximum Gasteiger partial charge on any atom is 0.425 e. The first-order valence-corrected chi connectivity index (χ1v) is 8.62. The van der Waals surface area contributed by atoms with E-state index in [1.165, 1.54) is 35.2 Å². The largest absolute Gasteiger partial charge is 0.425 e. The van der Waals surface area contributed by atoms with Crippen LogP contribution in [0, 0.1) is 0 Å². The molecule has 0 heterocycles. The number of hydrogen-bond donors (Lipinski definition) is 1. The number of alkyl halides is 3. The Morgan fingerprint density at radius 1 is 0.893 bits per heavy atom. The molecule has 0 saturated heterocycles. The molecule has 1 aliphatic rings. The minimum Gasteiger partial charge on any atom is -0.372 e. The van der Waals surface area contributed by atoms with Crippen LogP contribution >= 0.6 is 0 Å². The molecule has 0 aliphatic heterocycles. The van der Waals surface area contributed by atoms with E-state index in [4.69, 9.17) is 0 Å². The lowest BCUT2D eigenvalue weighted by molar-refractivity contribution is -0.246. The smallest absolute Gasteiger partial charge is 0.372 e. The van der Waals surface area contributed by atoms with Gasteiger partial charge in [-0.15, -0.1) is 0 Å². The molecule has 1 N–H and O–H groups in total. The van der Waals surface area contributed by atoms with Gasteiger partial charge in [-0.2, -0.15) is 13.2 Å². The Hall–Kier alpha value is -3.12. The van der Waals surface area contributed by atoms with Gasteiger partial charge in [0.1, 0.15) is 0 Å². The summed E-state index contributed by atoms with van der Waals surface area (Å²) < 4.78 is 41.7. The van der Waals surface area contributed by atoms with Crippen LogP contribution in [0.25, 0.3) is 11.1 Å². The van der Waals surface area contributed by atoms with E-state index in [9.17, 15) is 23.1 Å². The summed E-state index contributed by atoms with van der Waals surface area (Å²) in [5.74, 6) is -0.463. The summed E-state index contributed by atoms with van der Waals surface area (Å²) in [7, 11) is 1.55. The molecule has 0 spiro atoms. The van der Waals surface area contributed by atoms with Gasteiger partial charge in [-0.3, -0.25) is 4.79 Å². The normalized spacial score (nSPS) is 17.8. The van der Waals surface area contributed by atoms with Gasteiger partial charge in [0.05, 0.1) is 0 Å². The molecule has 1 aliphatic carbocycles. The van der Waals surface area contributed by atoms with Crippen molar-refractivity contribution in [2.75, 3.05) is 11.9 Å². The summed E-state index contributed by atoms with van der Waals surface area (Å²) in [6.07, 6.45) is -4.93. The van der Waals surface area contributed by atoms with Gasteiger partial charge in [0.2, 0.25) is 5.60 Å². The zero-order valence-corrected chi connectivity index (χ0v) is 14.9. The third-order valence-electron chi connectivity index (χ3n) is 5.12. The number of carbonyl (C=O) groups excluding carboxylic acids is 1. The van der Waals surface area contributed by atoms with E-state index in [-0.39, 0.29) is 22.3 Å². The molecule has 3 nitrogen and oxygen atoms in total. The first kappa shape index (κ1) is 18.3. The summed E-state index contributed by atoms with van der Waals surface area (Å²) in [5.41, 5.74) is -2.43. The third kappa shape index (κ3) is 2.52. The van der Waals surface area contributed by atoms with E-state index in [0.717, 1.165) is 6.07 Å². The van der Waals surface area contributed by atoms with Crippen LogP contribution in [-0.2, 0) is 5.60 Å². The lowest BCUT2D eigenvalue weighted by atomic mass is 9.90. The molecule has 4 rings (SSSR count). The summed E-state index contributed by atoms with van der Waals surface area (Å²) in [6.45, 7) is 0. The van der Waals surface area contributed by atoms with Crippen LogP contribution in [0.4, 0.5) is 18.9 Å². The van der Waals surface area contributed by atoms with Gasteiger partial charge in [0.15, 0.2) is 0 Å². The highest BCUT2D eigenvalue weighted by molar-refractivity contribution is 6.06. The van der Waals surface area contributed by atoms with Gasteiger partial charge in [-0.25, -0.2) is 0 Å². The molecule has 6 heteroatoms. The first-order chi connectivity index (χ1) is 13.2. The number of halogens is 3. The van der Waals surface area contributed by atoms with Gasteiger partial charge >= 0.3 is 6.18 Å². The van der Waals surface area contributed by atoms with Crippen LogP contribution in [-0.4, -0.2) is 24.2 Å². The van der Waals surface area contributed by atoms with Gasteiger partial charge in [0.25, 0.3) is 5.91 Å². The quantitative estimate of drug-likeness (QED) is 0.694. The van der Waals surface area contributed by atoms with Crippen molar-refractivity contribution in [2.24, 2.45) is 0 Å². The van der Waals surface area contributed by atoms with Crippen molar-refractivity contribution in [3.8, 4) is 11.1 Å². The Balaban J connectivity index is 1.84. The molecule has 1 atom stereocenters. The van der Waals surface area contributed by atoms with Crippen molar-refractivity contribution in [3.05, 3.63) is 89.5 Å². The van der Waals surface area contributed by atoms with Gasteiger partial charge < -0.3 is 10.0 Å². The predicted molar refractivity (Wildman–Crippen MR) is 100 cm³/mol. The van der Waals surface area contributed by atoms with Crippen molar-refractivity contribution in [1.29, 1.82) is 0 Å². The predicted octanol–water partition coefficient (Wildman–Crippen LogP) is 4.74. The Kier molecular flexibility index (Phi) is 4.05. The van der Waals surface area contributed by atoms with E-state index in [0.29, 0.717) is 11.3 Å². The number of rotatable bonds is 2. The molecular weight excluding hydrogens is 367 g/mol. The fourth-order valence-electron chi connectivity index (χ4n) is 3.66. The Bertz CT molecular complexity index is 1060. The maximum absolute atomic E-state index is 13.9. The molecule has 28 heavy (non-hydrogen) atoms. The number of benzene rings is 3. The molecule has 1 amide bonds. The van der Waals surface area contributed by atoms with Gasteiger partial charge in [-0.1, -0.05) is 48.5 Å². The van der Waals surface area contributed by atoms with Crippen molar-refractivity contribution in [2.45, 2.75) is 11.8 Å². The van der Waals surface area contributed by atoms with Crippen molar-refractivity contribution >= 4 is 11.6 Å². The molecule has 1 unspecified atom stereocenters. The van der Waals surface area contributed by atoms with Gasteiger partial charge in [0, 0.05) is 29.4 Å². The van der Waals surface area contributed by atoms with Crippen molar-refractivity contribution in [3.63, 3.8) is 0 Å². The number of hydrogen-bond acceptors (Lipinski definition) is 2. The van der Waals surface area contributed by atoms with Crippen LogP contribution in [0.3, 0.4) is 0 Å². The lowest BCUT2D eigenvalue weighted by Gasteiger charge is -2.28. The Morgan fingerprint density at radius 2 is 1.50 bits per heavy atom. The fourth-order valence-corrected chi connectivity index (χ4v) is 3.66. The SMILES string of the molecule is CN(C(=O)c1ccc2c(c1)C(O)(C(F)(F)F)c1ccccc1-2)c1ccccc1. The topological polar surface area (TPSA) is 40.5 Å². The zero-order chi connectivity index (χ0) is 20.1. The number of fused-ring (bicyclic) bond motifs is 3. The minimum atomic E-state index is -4.93.